The normalized spacial score (nSPS) is 10.5. The van der Waals surface area contributed by atoms with Crippen molar-refractivity contribution >= 4 is 51.5 Å². The van der Waals surface area contributed by atoms with Gasteiger partial charge >= 0.3 is 0 Å². The number of rotatable bonds is 7. The number of nitrogens with one attached hydrogen (secondary N) is 2. The van der Waals surface area contributed by atoms with E-state index in [-0.39, 0.29) is 24.8 Å². The smallest absolute Gasteiger partial charge is 0.251 e. The molecule has 0 unspecified atom stereocenters. The molecule has 3 aromatic rings. The van der Waals surface area contributed by atoms with Gasteiger partial charge < -0.3 is 10.6 Å². The largest absolute Gasteiger partial charge is 0.352 e. The van der Waals surface area contributed by atoms with Gasteiger partial charge in [-0.25, -0.2) is 4.98 Å². The molecule has 3 rings (SSSR count). The van der Waals surface area contributed by atoms with Crippen LogP contribution in [0.25, 0.3) is 0 Å². The molecule has 28 heavy (non-hydrogen) atoms. The van der Waals surface area contributed by atoms with Crippen LogP contribution in [0.4, 0.5) is 5.13 Å². The molecule has 0 radical (unpaired) electrons. The summed E-state index contributed by atoms with van der Waals surface area (Å²) < 4.78 is 0. The summed E-state index contributed by atoms with van der Waals surface area (Å²) in [6.45, 7) is 0.246. The highest BCUT2D eigenvalue weighted by Gasteiger charge is 2.11. The number of halogens is 2. The van der Waals surface area contributed by atoms with Crippen LogP contribution in [0.15, 0.2) is 54.7 Å². The maximum atomic E-state index is 12.1. The van der Waals surface area contributed by atoms with Crippen LogP contribution < -0.4 is 10.6 Å². The van der Waals surface area contributed by atoms with Gasteiger partial charge in [0.25, 0.3) is 5.91 Å². The molecule has 0 saturated carbocycles. The van der Waals surface area contributed by atoms with Gasteiger partial charge in [-0.2, -0.15) is 0 Å². The van der Waals surface area contributed by atoms with Crippen LogP contribution in [0.3, 0.4) is 0 Å². The Labute approximate surface area is 176 Å². The van der Waals surface area contributed by atoms with E-state index in [2.05, 4.69) is 15.6 Å². The number of amides is 2. The van der Waals surface area contributed by atoms with Gasteiger partial charge in [0.15, 0.2) is 5.13 Å². The third-order valence-corrected chi connectivity index (χ3v) is 5.64. The number of hydrogen-bond donors (Lipinski definition) is 2. The SMILES string of the molecule is O=C(CCNC(=O)c1ccccc1)Nc1ncc(Cc2cccc(Cl)c2Cl)s1. The van der Waals surface area contributed by atoms with E-state index in [4.69, 9.17) is 23.2 Å². The van der Waals surface area contributed by atoms with Crippen molar-refractivity contribution in [2.45, 2.75) is 12.8 Å². The van der Waals surface area contributed by atoms with Crippen molar-refractivity contribution in [3.05, 3.63) is 80.8 Å². The lowest BCUT2D eigenvalue weighted by Crippen LogP contribution is -2.27. The lowest BCUT2D eigenvalue weighted by Gasteiger charge is -2.05. The zero-order valence-corrected chi connectivity index (χ0v) is 17.1. The Bertz CT molecular complexity index is 977. The molecule has 5 nitrogen and oxygen atoms in total. The Morgan fingerprint density at radius 2 is 1.82 bits per heavy atom. The van der Waals surface area contributed by atoms with Crippen molar-refractivity contribution in [2.75, 3.05) is 11.9 Å². The summed E-state index contributed by atoms with van der Waals surface area (Å²) in [5, 5.41) is 7.01. The van der Waals surface area contributed by atoms with E-state index in [1.807, 2.05) is 18.2 Å². The van der Waals surface area contributed by atoms with E-state index >= 15 is 0 Å². The van der Waals surface area contributed by atoms with Crippen LogP contribution in [0, 0.1) is 0 Å². The topological polar surface area (TPSA) is 71.1 Å². The monoisotopic (exact) mass is 433 g/mol. The predicted molar refractivity (Wildman–Crippen MR) is 113 cm³/mol. The molecule has 8 heteroatoms. The summed E-state index contributed by atoms with van der Waals surface area (Å²) >= 11 is 13.6. The predicted octanol–water partition coefficient (Wildman–Crippen LogP) is 4.80. The van der Waals surface area contributed by atoms with Crippen LogP contribution in [0.5, 0.6) is 0 Å². The van der Waals surface area contributed by atoms with Crippen molar-refractivity contribution in [2.24, 2.45) is 0 Å². The lowest BCUT2D eigenvalue weighted by molar-refractivity contribution is -0.116. The van der Waals surface area contributed by atoms with Gasteiger partial charge in [-0.1, -0.05) is 53.5 Å². The van der Waals surface area contributed by atoms with Crippen LogP contribution in [0.1, 0.15) is 27.2 Å². The maximum Gasteiger partial charge on any atom is 0.251 e. The Balaban J connectivity index is 1.47. The molecule has 0 fully saturated rings. The molecule has 2 aromatic carbocycles. The molecular weight excluding hydrogens is 417 g/mol. The number of nitrogens with zero attached hydrogens (tertiary/aromatic N) is 1. The fourth-order valence-electron chi connectivity index (χ4n) is 2.48. The van der Waals surface area contributed by atoms with Crippen LogP contribution in [-0.2, 0) is 11.2 Å². The molecule has 0 aliphatic carbocycles. The highest BCUT2D eigenvalue weighted by Crippen LogP contribution is 2.29. The number of anilines is 1. The second kappa shape index (κ2) is 9.68. The maximum absolute atomic E-state index is 12.1. The zero-order valence-electron chi connectivity index (χ0n) is 14.7. The zero-order chi connectivity index (χ0) is 19.9. The molecule has 0 saturated heterocycles. The molecule has 0 spiro atoms. The first-order valence-electron chi connectivity index (χ1n) is 8.53. The van der Waals surface area contributed by atoms with E-state index in [1.54, 1.807) is 36.5 Å². The van der Waals surface area contributed by atoms with Gasteiger partial charge in [0.2, 0.25) is 5.91 Å². The molecule has 1 aromatic heterocycles. The molecular formula is C20H17Cl2N3O2S. The fraction of sp³-hybridized carbons (Fsp3) is 0.150. The van der Waals surface area contributed by atoms with Crippen LogP contribution in [-0.4, -0.2) is 23.3 Å². The Kier molecular flexibility index (Phi) is 7.03. The Morgan fingerprint density at radius 1 is 1.04 bits per heavy atom. The highest BCUT2D eigenvalue weighted by atomic mass is 35.5. The van der Waals surface area contributed by atoms with E-state index in [0.717, 1.165) is 10.4 Å². The Morgan fingerprint density at radius 3 is 2.61 bits per heavy atom. The van der Waals surface area contributed by atoms with Crippen molar-refractivity contribution in [3.63, 3.8) is 0 Å². The van der Waals surface area contributed by atoms with Gasteiger partial charge in [0.1, 0.15) is 0 Å². The van der Waals surface area contributed by atoms with Crippen LogP contribution in [0.2, 0.25) is 10.0 Å². The van der Waals surface area contributed by atoms with E-state index in [1.165, 1.54) is 11.3 Å². The molecule has 0 aliphatic rings. The summed E-state index contributed by atoms with van der Waals surface area (Å²) in [4.78, 5) is 29.2. The number of hydrogen-bond acceptors (Lipinski definition) is 4. The summed E-state index contributed by atoms with van der Waals surface area (Å²) in [6.07, 6.45) is 2.45. The minimum absolute atomic E-state index is 0.160. The first-order valence-corrected chi connectivity index (χ1v) is 10.1. The van der Waals surface area contributed by atoms with Gasteiger partial charge in [-0.15, -0.1) is 11.3 Å². The molecule has 0 atom stereocenters. The standard InChI is InChI=1S/C20H17Cl2N3O2S/c21-16-8-4-7-14(18(16)22)11-15-12-24-20(28-15)25-17(26)9-10-23-19(27)13-5-2-1-3-6-13/h1-8,12H,9-11H2,(H,23,27)(H,24,25,26). The number of benzene rings is 2. The third kappa shape index (κ3) is 5.55. The Hall–Kier alpha value is -2.41. The molecule has 2 amide bonds. The third-order valence-electron chi connectivity index (χ3n) is 3.87. The van der Waals surface area contributed by atoms with Crippen molar-refractivity contribution in [1.29, 1.82) is 0 Å². The molecule has 2 N–H and O–H groups in total. The second-order valence-corrected chi connectivity index (χ2v) is 7.84. The van der Waals surface area contributed by atoms with Crippen molar-refractivity contribution in [1.82, 2.24) is 10.3 Å². The fourth-order valence-corrected chi connectivity index (χ4v) is 3.72. The first kappa shape index (κ1) is 20.3. The van der Waals surface area contributed by atoms with Gasteiger partial charge in [0, 0.05) is 36.0 Å². The second-order valence-electron chi connectivity index (χ2n) is 5.94. The summed E-state index contributed by atoms with van der Waals surface area (Å²) in [6, 6.07) is 14.3. The summed E-state index contributed by atoms with van der Waals surface area (Å²) in [5.74, 6) is -0.418. The number of aromatic nitrogens is 1. The average molecular weight is 434 g/mol. The van der Waals surface area contributed by atoms with E-state index in [9.17, 15) is 9.59 Å². The number of carbonyl (C=O) groups excluding carboxylic acids is 2. The van der Waals surface area contributed by atoms with Crippen LogP contribution >= 0.6 is 34.5 Å². The van der Waals surface area contributed by atoms with Gasteiger partial charge in [-0.3, -0.25) is 9.59 Å². The summed E-state index contributed by atoms with van der Waals surface area (Å²) in [5.41, 5.74) is 1.46. The first-order chi connectivity index (χ1) is 13.5. The average Bonchev–Trinajstić information content (AvgIpc) is 3.13. The minimum atomic E-state index is -0.213. The lowest BCUT2D eigenvalue weighted by atomic mass is 10.1. The van der Waals surface area contributed by atoms with Crippen molar-refractivity contribution in [3.8, 4) is 0 Å². The summed E-state index contributed by atoms with van der Waals surface area (Å²) in [7, 11) is 0. The van der Waals surface area contributed by atoms with Gasteiger partial charge in [-0.05, 0) is 23.8 Å². The van der Waals surface area contributed by atoms with E-state index < -0.39 is 0 Å². The molecule has 0 bridgehead atoms. The number of carbonyl (C=O) groups is 2. The highest BCUT2D eigenvalue weighted by molar-refractivity contribution is 7.15. The minimum Gasteiger partial charge on any atom is -0.352 e. The molecule has 0 aliphatic heterocycles. The molecule has 144 valence electrons. The van der Waals surface area contributed by atoms with Crippen molar-refractivity contribution < 1.29 is 9.59 Å². The van der Waals surface area contributed by atoms with E-state index in [0.29, 0.717) is 27.2 Å². The number of thiazole rings is 1. The quantitative estimate of drug-likeness (QED) is 0.561. The van der Waals surface area contributed by atoms with Gasteiger partial charge in [0.05, 0.1) is 10.0 Å². The molecule has 1 heterocycles.